The maximum atomic E-state index is 11.7. The average molecular weight is 575 g/mol. The molecule has 0 radical (unpaired) electrons. The van der Waals surface area contributed by atoms with Crippen LogP contribution in [0.15, 0.2) is 29.3 Å². The molecule has 1 heterocycles. The number of ether oxygens (including phenoxy) is 3. The normalized spacial score (nSPS) is 16.8. The number of halogens is 1. The number of nitrogens with zero attached hydrogens (tertiary/aromatic N) is 2. The second-order valence-electron chi connectivity index (χ2n) is 8.40. The first kappa shape index (κ1) is 27.7. The SMILES string of the molecule is CN=C(NCCc1ccc(OCC(=O)NC2CC2)cc1)N1CCC(OCCCOC)CC1.I. The number of likely N-dealkylation sites (tertiary alicyclic amines) is 1. The smallest absolute Gasteiger partial charge is 0.258 e. The molecule has 0 bridgehead atoms. The number of piperidine rings is 1. The van der Waals surface area contributed by atoms with E-state index in [0.29, 0.717) is 12.1 Å². The van der Waals surface area contributed by atoms with E-state index in [-0.39, 0.29) is 36.5 Å². The molecule has 1 aliphatic carbocycles. The van der Waals surface area contributed by atoms with E-state index in [0.717, 1.165) is 83.1 Å². The van der Waals surface area contributed by atoms with E-state index >= 15 is 0 Å². The number of carbonyl (C=O) groups excluding carboxylic acids is 1. The third-order valence-electron chi connectivity index (χ3n) is 5.73. The minimum Gasteiger partial charge on any atom is -0.484 e. The van der Waals surface area contributed by atoms with Crippen molar-refractivity contribution in [1.82, 2.24) is 15.5 Å². The fraction of sp³-hybridized carbons (Fsp3) is 0.667. The molecule has 1 saturated heterocycles. The lowest BCUT2D eigenvalue weighted by molar-refractivity contribution is -0.123. The van der Waals surface area contributed by atoms with Crippen molar-refractivity contribution in [1.29, 1.82) is 0 Å². The molecule has 186 valence electrons. The summed E-state index contributed by atoms with van der Waals surface area (Å²) in [4.78, 5) is 18.5. The third-order valence-corrected chi connectivity index (χ3v) is 5.73. The van der Waals surface area contributed by atoms with Crippen LogP contribution in [-0.2, 0) is 20.7 Å². The molecule has 0 atom stereocenters. The van der Waals surface area contributed by atoms with Crippen LogP contribution < -0.4 is 15.4 Å². The van der Waals surface area contributed by atoms with E-state index < -0.39 is 0 Å². The number of rotatable bonds is 12. The Labute approximate surface area is 214 Å². The Morgan fingerprint density at radius 1 is 1.12 bits per heavy atom. The fourth-order valence-electron chi connectivity index (χ4n) is 3.74. The van der Waals surface area contributed by atoms with Gasteiger partial charge in [-0.25, -0.2) is 0 Å². The molecule has 2 fully saturated rings. The first-order chi connectivity index (χ1) is 15.7. The zero-order valence-corrected chi connectivity index (χ0v) is 22.2. The van der Waals surface area contributed by atoms with Crippen molar-refractivity contribution in [3.05, 3.63) is 29.8 Å². The number of guanidine groups is 1. The van der Waals surface area contributed by atoms with Crippen molar-refractivity contribution in [2.45, 2.75) is 50.7 Å². The summed E-state index contributed by atoms with van der Waals surface area (Å²) in [6, 6.07) is 8.30. The molecule has 1 aromatic carbocycles. The molecule has 33 heavy (non-hydrogen) atoms. The van der Waals surface area contributed by atoms with Gasteiger partial charge in [0.1, 0.15) is 5.75 Å². The summed E-state index contributed by atoms with van der Waals surface area (Å²) in [5.74, 6) is 1.62. The van der Waals surface area contributed by atoms with Gasteiger partial charge in [0.2, 0.25) is 0 Å². The molecule has 0 spiro atoms. The third kappa shape index (κ3) is 10.5. The topological polar surface area (TPSA) is 84.4 Å². The van der Waals surface area contributed by atoms with Gasteiger partial charge in [-0.3, -0.25) is 9.79 Å². The molecule has 1 amide bonds. The Balaban J connectivity index is 0.00000385. The Hall–Kier alpha value is -1.59. The molecule has 3 rings (SSSR count). The highest BCUT2D eigenvalue weighted by Crippen LogP contribution is 2.18. The summed E-state index contributed by atoms with van der Waals surface area (Å²) in [5.41, 5.74) is 1.21. The van der Waals surface area contributed by atoms with Gasteiger partial charge in [0.05, 0.1) is 6.10 Å². The Morgan fingerprint density at radius 2 is 1.85 bits per heavy atom. The molecule has 8 nitrogen and oxygen atoms in total. The summed E-state index contributed by atoms with van der Waals surface area (Å²) in [7, 11) is 3.56. The van der Waals surface area contributed by atoms with E-state index in [2.05, 4.69) is 20.5 Å². The Bertz CT molecular complexity index is 720. The van der Waals surface area contributed by atoms with Gasteiger partial charge in [-0.2, -0.15) is 0 Å². The van der Waals surface area contributed by atoms with Crippen molar-refractivity contribution in [3.63, 3.8) is 0 Å². The van der Waals surface area contributed by atoms with Crippen molar-refractivity contribution < 1.29 is 19.0 Å². The van der Waals surface area contributed by atoms with Crippen LogP contribution in [-0.4, -0.2) is 82.5 Å². The molecule has 2 N–H and O–H groups in total. The monoisotopic (exact) mass is 574 g/mol. The number of hydrogen-bond acceptors (Lipinski definition) is 5. The number of methoxy groups -OCH3 is 1. The fourth-order valence-corrected chi connectivity index (χ4v) is 3.74. The lowest BCUT2D eigenvalue weighted by Gasteiger charge is -2.34. The molecule has 9 heteroatoms. The second kappa shape index (κ2) is 15.3. The molecule has 2 aliphatic rings. The highest BCUT2D eigenvalue weighted by molar-refractivity contribution is 14.0. The van der Waals surface area contributed by atoms with Gasteiger partial charge in [0.25, 0.3) is 5.91 Å². The number of aliphatic imine (C=N–C) groups is 1. The Morgan fingerprint density at radius 3 is 2.48 bits per heavy atom. The minimum atomic E-state index is -0.0474. The van der Waals surface area contributed by atoms with E-state index in [1.165, 1.54) is 5.56 Å². The predicted octanol–water partition coefficient (Wildman–Crippen LogP) is 2.60. The van der Waals surface area contributed by atoms with Crippen molar-refractivity contribution in [2.24, 2.45) is 4.99 Å². The van der Waals surface area contributed by atoms with Gasteiger partial charge in [-0.1, -0.05) is 12.1 Å². The van der Waals surface area contributed by atoms with E-state index in [9.17, 15) is 4.79 Å². The van der Waals surface area contributed by atoms with Crippen LogP contribution >= 0.6 is 24.0 Å². The molecule has 1 aromatic rings. The molecule has 1 aliphatic heterocycles. The molecule has 0 aromatic heterocycles. The van der Waals surface area contributed by atoms with Crippen LogP contribution in [0.25, 0.3) is 0 Å². The van der Waals surface area contributed by atoms with Crippen LogP contribution in [0, 0.1) is 0 Å². The lowest BCUT2D eigenvalue weighted by Crippen LogP contribution is -2.47. The maximum absolute atomic E-state index is 11.7. The molecular weight excluding hydrogens is 535 g/mol. The van der Waals surface area contributed by atoms with Gasteiger partial charge in [-0.15, -0.1) is 24.0 Å². The zero-order valence-electron chi connectivity index (χ0n) is 19.9. The number of amides is 1. The number of carbonyl (C=O) groups is 1. The van der Waals surface area contributed by atoms with E-state index in [4.69, 9.17) is 14.2 Å². The molecular formula is C24H39IN4O4. The van der Waals surface area contributed by atoms with Gasteiger partial charge < -0.3 is 29.7 Å². The van der Waals surface area contributed by atoms with E-state index in [1.54, 1.807) is 7.11 Å². The molecule has 1 saturated carbocycles. The van der Waals surface area contributed by atoms with Gasteiger partial charge in [-0.05, 0) is 56.2 Å². The van der Waals surface area contributed by atoms with Crippen LogP contribution in [0.4, 0.5) is 0 Å². The second-order valence-corrected chi connectivity index (χ2v) is 8.40. The highest BCUT2D eigenvalue weighted by Gasteiger charge is 2.23. The van der Waals surface area contributed by atoms with Crippen molar-refractivity contribution in [2.75, 3.05) is 53.6 Å². The first-order valence-electron chi connectivity index (χ1n) is 11.7. The highest BCUT2D eigenvalue weighted by atomic mass is 127. The lowest BCUT2D eigenvalue weighted by atomic mass is 10.1. The molecule has 0 unspecified atom stereocenters. The standard InChI is InChI=1S/C24H38N4O4.HI/c1-25-24(28-14-11-22(12-15-28)31-17-3-16-30-2)26-13-10-19-4-8-21(9-5-19)32-18-23(29)27-20-6-7-20;/h4-5,8-9,20,22H,3,6-7,10-18H2,1-2H3,(H,25,26)(H,27,29);1H. The minimum absolute atomic E-state index is 0. The van der Waals surface area contributed by atoms with Gasteiger partial charge in [0.15, 0.2) is 12.6 Å². The quantitative estimate of drug-likeness (QED) is 0.173. The first-order valence-corrected chi connectivity index (χ1v) is 11.7. The predicted molar refractivity (Wildman–Crippen MR) is 141 cm³/mol. The number of benzene rings is 1. The largest absolute Gasteiger partial charge is 0.484 e. The number of hydrogen-bond donors (Lipinski definition) is 2. The summed E-state index contributed by atoms with van der Waals surface area (Å²) >= 11 is 0. The van der Waals surface area contributed by atoms with Gasteiger partial charge >= 0.3 is 0 Å². The Kier molecular flexibility index (Phi) is 12.9. The average Bonchev–Trinajstić information content (AvgIpc) is 3.63. The summed E-state index contributed by atoms with van der Waals surface area (Å²) < 4.78 is 16.6. The van der Waals surface area contributed by atoms with Crippen LogP contribution in [0.3, 0.4) is 0 Å². The van der Waals surface area contributed by atoms with E-state index in [1.807, 2.05) is 31.3 Å². The summed E-state index contributed by atoms with van der Waals surface area (Å²) in [6.45, 7) is 4.31. The number of nitrogens with one attached hydrogen (secondary N) is 2. The van der Waals surface area contributed by atoms with Crippen molar-refractivity contribution >= 4 is 35.8 Å². The van der Waals surface area contributed by atoms with Crippen LogP contribution in [0.1, 0.15) is 37.7 Å². The van der Waals surface area contributed by atoms with Gasteiger partial charge in [0, 0.05) is 53.0 Å². The van der Waals surface area contributed by atoms with Crippen LogP contribution in [0.2, 0.25) is 0 Å². The summed E-state index contributed by atoms with van der Waals surface area (Å²) in [5, 5.41) is 6.40. The maximum Gasteiger partial charge on any atom is 0.258 e. The van der Waals surface area contributed by atoms with Crippen LogP contribution in [0.5, 0.6) is 5.75 Å². The summed E-state index contributed by atoms with van der Waals surface area (Å²) in [6.07, 6.45) is 6.38. The zero-order chi connectivity index (χ0) is 22.6. The van der Waals surface area contributed by atoms with Crippen molar-refractivity contribution in [3.8, 4) is 5.75 Å².